The Morgan fingerprint density at radius 3 is 2.54 bits per heavy atom. The van der Waals surface area contributed by atoms with Gasteiger partial charge in [-0.25, -0.2) is 8.42 Å². The predicted octanol–water partition coefficient (Wildman–Crippen LogP) is 3.74. The fraction of sp³-hybridized carbons (Fsp3) is 0.350. The third-order valence-corrected chi connectivity index (χ3v) is 6.47. The van der Waals surface area contributed by atoms with Crippen LogP contribution in [0.5, 0.6) is 11.5 Å². The monoisotopic (exact) mass is 423 g/mol. The molecule has 0 spiro atoms. The highest BCUT2D eigenvalue weighted by Crippen LogP contribution is 2.39. The molecule has 0 N–H and O–H groups in total. The normalized spacial score (nSPS) is 16.9. The first kappa shape index (κ1) is 20.5. The van der Waals surface area contributed by atoms with Crippen molar-refractivity contribution in [3.05, 3.63) is 52.5 Å². The van der Waals surface area contributed by atoms with Crippen LogP contribution in [0, 0.1) is 0 Å². The summed E-state index contributed by atoms with van der Waals surface area (Å²) in [7, 11) is -0.370. The highest BCUT2D eigenvalue weighted by molar-refractivity contribution is 7.90. The fourth-order valence-electron chi connectivity index (χ4n) is 3.51. The van der Waals surface area contributed by atoms with Crippen molar-refractivity contribution in [1.82, 2.24) is 4.90 Å². The first-order valence-electron chi connectivity index (χ1n) is 8.78. The first-order valence-corrected chi connectivity index (χ1v) is 11.1. The van der Waals surface area contributed by atoms with Crippen molar-refractivity contribution in [3.63, 3.8) is 0 Å². The van der Waals surface area contributed by atoms with Gasteiger partial charge in [0.2, 0.25) is 0 Å². The summed E-state index contributed by atoms with van der Waals surface area (Å²) >= 11 is 6.01. The molecule has 28 heavy (non-hydrogen) atoms. The highest BCUT2D eigenvalue weighted by atomic mass is 35.5. The Hall–Kier alpha value is -2.25. The van der Waals surface area contributed by atoms with Crippen LogP contribution in [-0.4, -0.2) is 46.2 Å². The van der Waals surface area contributed by atoms with E-state index in [1.807, 2.05) is 12.1 Å². The van der Waals surface area contributed by atoms with E-state index in [4.69, 9.17) is 21.1 Å². The Morgan fingerprint density at radius 2 is 1.89 bits per heavy atom. The van der Waals surface area contributed by atoms with Crippen LogP contribution in [0.3, 0.4) is 0 Å². The average Bonchev–Trinajstić information content (AvgIpc) is 3.15. The highest BCUT2D eigenvalue weighted by Gasteiger charge is 2.33. The molecule has 0 saturated carbocycles. The van der Waals surface area contributed by atoms with Crippen LogP contribution >= 0.6 is 11.6 Å². The van der Waals surface area contributed by atoms with Gasteiger partial charge in [0.25, 0.3) is 5.91 Å². The van der Waals surface area contributed by atoms with E-state index in [2.05, 4.69) is 0 Å². The third-order valence-electron chi connectivity index (χ3n) is 4.89. The average molecular weight is 424 g/mol. The zero-order valence-corrected chi connectivity index (χ0v) is 17.5. The number of hydrogen-bond acceptors (Lipinski definition) is 5. The second-order valence-corrected chi connectivity index (χ2v) is 9.07. The van der Waals surface area contributed by atoms with Gasteiger partial charge in [0, 0.05) is 30.0 Å². The summed E-state index contributed by atoms with van der Waals surface area (Å²) in [5.74, 6) is 1.09. The number of likely N-dealkylation sites (tertiary alicyclic amines) is 1. The maximum absolute atomic E-state index is 13.2. The first-order chi connectivity index (χ1) is 13.3. The summed E-state index contributed by atoms with van der Waals surface area (Å²) in [6.45, 7) is 0.579. The van der Waals surface area contributed by atoms with E-state index < -0.39 is 9.84 Å². The van der Waals surface area contributed by atoms with Gasteiger partial charge in [-0.15, -0.1) is 0 Å². The molecule has 6 nitrogen and oxygen atoms in total. The zero-order valence-electron chi connectivity index (χ0n) is 15.9. The molecule has 2 aromatic rings. The van der Waals surface area contributed by atoms with Gasteiger partial charge in [-0.3, -0.25) is 4.79 Å². The fourth-order valence-corrected chi connectivity index (χ4v) is 4.81. The molecule has 150 valence electrons. The SMILES string of the molecule is COc1ccc([C@H]2CCCN2C(=O)c2ccc(Cl)c(S(C)(=O)=O)c2)c(OC)c1. The second-order valence-electron chi connectivity index (χ2n) is 6.68. The lowest BCUT2D eigenvalue weighted by atomic mass is 10.0. The van der Waals surface area contributed by atoms with E-state index in [9.17, 15) is 13.2 Å². The molecule has 0 aliphatic carbocycles. The van der Waals surface area contributed by atoms with Gasteiger partial charge in [-0.1, -0.05) is 11.6 Å². The summed E-state index contributed by atoms with van der Waals surface area (Å²) in [5.41, 5.74) is 1.19. The molecule has 0 aromatic heterocycles. The number of halogens is 1. The number of benzene rings is 2. The molecule has 8 heteroatoms. The molecular weight excluding hydrogens is 402 g/mol. The van der Waals surface area contributed by atoms with Crippen LogP contribution in [0.25, 0.3) is 0 Å². The van der Waals surface area contributed by atoms with E-state index in [-0.39, 0.29) is 21.9 Å². The van der Waals surface area contributed by atoms with Crippen LogP contribution in [0.15, 0.2) is 41.3 Å². The summed E-state index contributed by atoms with van der Waals surface area (Å²) in [6.07, 6.45) is 2.71. The minimum Gasteiger partial charge on any atom is -0.497 e. The van der Waals surface area contributed by atoms with Gasteiger partial charge in [0.15, 0.2) is 9.84 Å². The van der Waals surface area contributed by atoms with Crippen molar-refractivity contribution in [2.24, 2.45) is 0 Å². The van der Waals surface area contributed by atoms with Gasteiger partial charge in [0.1, 0.15) is 11.5 Å². The third kappa shape index (κ3) is 3.95. The molecule has 1 fully saturated rings. The number of nitrogens with zero attached hydrogens (tertiary/aromatic N) is 1. The van der Waals surface area contributed by atoms with E-state index in [0.717, 1.165) is 24.7 Å². The second kappa shape index (κ2) is 8.01. The molecule has 0 unspecified atom stereocenters. The van der Waals surface area contributed by atoms with Crippen molar-refractivity contribution in [3.8, 4) is 11.5 Å². The molecule has 1 heterocycles. The minimum atomic E-state index is -3.53. The van der Waals surface area contributed by atoms with Crippen LogP contribution in [-0.2, 0) is 9.84 Å². The van der Waals surface area contributed by atoms with E-state index in [1.165, 1.54) is 12.1 Å². The van der Waals surface area contributed by atoms with Gasteiger partial charge < -0.3 is 14.4 Å². The molecule has 1 aliphatic heterocycles. The van der Waals surface area contributed by atoms with Crippen LogP contribution in [0.1, 0.15) is 34.8 Å². The molecule has 1 amide bonds. The van der Waals surface area contributed by atoms with E-state index >= 15 is 0 Å². The number of ether oxygens (including phenoxy) is 2. The standard InChI is InChI=1S/C20H22ClNO5S/c1-26-14-7-8-15(18(12-14)27-2)17-5-4-10-22(17)20(23)13-6-9-16(21)19(11-13)28(3,24)25/h6-9,11-12,17H,4-5,10H2,1-3H3/t17-/m1/s1. The van der Waals surface area contributed by atoms with Gasteiger partial charge in [0.05, 0.1) is 30.2 Å². The van der Waals surface area contributed by atoms with Gasteiger partial charge in [-0.05, 0) is 43.2 Å². The summed E-state index contributed by atoms with van der Waals surface area (Å²) in [4.78, 5) is 14.9. The largest absolute Gasteiger partial charge is 0.497 e. The molecule has 0 bridgehead atoms. The Labute approximate surface area is 169 Å². The van der Waals surface area contributed by atoms with Gasteiger partial charge in [-0.2, -0.15) is 0 Å². The molecule has 1 aliphatic rings. The molecule has 1 saturated heterocycles. The molecule has 3 rings (SSSR count). The molecule has 0 radical (unpaired) electrons. The number of carbonyl (C=O) groups excluding carboxylic acids is 1. The number of sulfone groups is 1. The Morgan fingerprint density at radius 1 is 1.14 bits per heavy atom. The Kier molecular flexibility index (Phi) is 5.86. The lowest BCUT2D eigenvalue weighted by Gasteiger charge is -2.27. The Balaban J connectivity index is 1.97. The predicted molar refractivity (Wildman–Crippen MR) is 107 cm³/mol. The molecular formula is C20H22ClNO5S. The van der Waals surface area contributed by atoms with E-state index in [1.54, 1.807) is 31.3 Å². The van der Waals surface area contributed by atoms with Crippen LogP contribution < -0.4 is 9.47 Å². The maximum atomic E-state index is 13.2. The zero-order chi connectivity index (χ0) is 20.5. The Bertz CT molecular complexity index is 1010. The number of amides is 1. The smallest absolute Gasteiger partial charge is 0.254 e. The van der Waals surface area contributed by atoms with Crippen molar-refractivity contribution in [2.75, 3.05) is 27.0 Å². The van der Waals surface area contributed by atoms with Crippen molar-refractivity contribution in [2.45, 2.75) is 23.8 Å². The van der Waals surface area contributed by atoms with Crippen molar-refractivity contribution < 1.29 is 22.7 Å². The number of rotatable bonds is 5. The number of methoxy groups -OCH3 is 2. The lowest BCUT2D eigenvalue weighted by molar-refractivity contribution is 0.0734. The number of hydrogen-bond donors (Lipinski definition) is 0. The molecule has 1 atom stereocenters. The van der Waals surface area contributed by atoms with E-state index in [0.29, 0.717) is 23.6 Å². The van der Waals surface area contributed by atoms with Crippen molar-refractivity contribution in [1.29, 1.82) is 0 Å². The quantitative estimate of drug-likeness (QED) is 0.732. The lowest BCUT2D eigenvalue weighted by Crippen LogP contribution is -2.31. The number of carbonyl (C=O) groups is 1. The summed E-state index contributed by atoms with van der Waals surface area (Å²) in [6, 6.07) is 9.72. The summed E-state index contributed by atoms with van der Waals surface area (Å²) < 4.78 is 34.6. The topological polar surface area (TPSA) is 72.9 Å². The minimum absolute atomic E-state index is 0.0437. The van der Waals surface area contributed by atoms with Crippen LogP contribution in [0.2, 0.25) is 5.02 Å². The van der Waals surface area contributed by atoms with Gasteiger partial charge >= 0.3 is 0 Å². The van der Waals surface area contributed by atoms with Crippen LogP contribution in [0.4, 0.5) is 0 Å². The van der Waals surface area contributed by atoms with Crippen molar-refractivity contribution >= 4 is 27.3 Å². The molecule has 2 aromatic carbocycles. The summed E-state index contributed by atoms with van der Waals surface area (Å²) in [5, 5.41) is 0.105. The maximum Gasteiger partial charge on any atom is 0.254 e.